The predicted molar refractivity (Wildman–Crippen MR) is 108 cm³/mol. The van der Waals surface area contributed by atoms with Crippen molar-refractivity contribution in [1.29, 1.82) is 0 Å². The van der Waals surface area contributed by atoms with Crippen LogP contribution in [0.15, 0.2) is 27.7 Å². The first-order valence-corrected chi connectivity index (χ1v) is 8.83. The SMILES string of the molecule is CN=C(NCc1ccc(Br)cc1F)NCC1(C)CCCS1.I. The van der Waals surface area contributed by atoms with Gasteiger partial charge in [0.2, 0.25) is 0 Å². The van der Waals surface area contributed by atoms with E-state index in [0.717, 1.165) is 11.0 Å². The second kappa shape index (κ2) is 9.32. The van der Waals surface area contributed by atoms with E-state index in [0.29, 0.717) is 18.1 Å². The van der Waals surface area contributed by atoms with Crippen LogP contribution in [0.5, 0.6) is 0 Å². The van der Waals surface area contributed by atoms with E-state index in [9.17, 15) is 4.39 Å². The highest BCUT2D eigenvalue weighted by Gasteiger charge is 2.29. The Kier molecular flexibility index (Phi) is 8.48. The fourth-order valence-electron chi connectivity index (χ4n) is 2.31. The van der Waals surface area contributed by atoms with Crippen LogP contribution in [0.1, 0.15) is 25.3 Å². The van der Waals surface area contributed by atoms with Crippen LogP contribution in [-0.2, 0) is 6.54 Å². The molecule has 1 atom stereocenters. The zero-order chi connectivity index (χ0) is 15.3. The number of benzene rings is 1. The molecule has 1 aromatic rings. The van der Waals surface area contributed by atoms with Gasteiger partial charge in [0.1, 0.15) is 5.82 Å². The molecule has 124 valence electrons. The van der Waals surface area contributed by atoms with Gasteiger partial charge in [-0.3, -0.25) is 4.99 Å². The van der Waals surface area contributed by atoms with Crippen molar-refractivity contribution < 1.29 is 4.39 Å². The Bertz CT molecular complexity index is 522. The van der Waals surface area contributed by atoms with Crippen molar-refractivity contribution in [2.45, 2.75) is 31.1 Å². The van der Waals surface area contributed by atoms with Gasteiger partial charge in [-0.15, -0.1) is 24.0 Å². The number of thioether (sulfide) groups is 1. The molecule has 1 aliphatic rings. The summed E-state index contributed by atoms with van der Waals surface area (Å²) in [6, 6.07) is 5.09. The molecule has 0 radical (unpaired) electrons. The molecule has 2 N–H and O–H groups in total. The van der Waals surface area contributed by atoms with Crippen LogP contribution in [-0.4, -0.2) is 30.1 Å². The largest absolute Gasteiger partial charge is 0.355 e. The van der Waals surface area contributed by atoms with Crippen LogP contribution in [0.3, 0.4) is 0 Å². The van der Waals surface area contributed by atoms with Gasteiger partial charge < -0.3 is 10.6 Å². The monoisotopic (exact) mass is 501 g/mol. The summed E-state index contributed by atoms with van der Waals surface area (Å²) in [7, 11) is 1.73. The number of nitrogens with one attached hydrogen (secondary N) is 2. The summed E-state index contributed by atoms with van der Waals surface area (Å²) in [5.74, 6) is 1.73. The molecule has 1 aliphatic heterocycles. The van der Waals surface area contributed by atoms with Crippen molar-refractivity contribution in [3.05, 3.63) is 34.1 Å². The fourth-order valence-corrected chi connectivity index (χ4v) is 3.89. The summed E-state index contributed by atoms with van der Waals surface area (Å²) in [5, 5.41) is 6.50. The van der Waals surface area contributed by atoms with Crippen LogP contribution in [0, 0.1) is 5.82 Å². The number of hydrogen-bond donors (Lipinski definition) is 2. The number of aliphatic imine (C=N–C) groups is 1. The molecule has 0 aromatic heterocycles. The Morgan fingerprint density at radius 1 is 1.45 bits per heavy atom. The van der Waals surface area contributed by atoms with Gasteiger partial charge in [0, 0.05) is 34.9 Å². The van der Waals surface area contributed by atoms with Gasteiger partial charge in [-0.2, -0.15) is 11.8 Å². The quantitative estimate of drug-likeness (QED) is 0.369. The smallest absolute Gasteiger partial charge is 0.191 e. The van der Waals surface area contributed by atoms with Crippen molar-refractivity contribution >= 4 is 57.6 Å². The van der Waals surface area contributed by atoms with E-state index < -0.39 is 0 Å². The fraction of sp³-hybridized carbons (Fsp3) is 0.533. The van der Waals surface area contributed by atoms with Crippen LogP contribution in [0.4, 0.5) is 4.39 Å². The molecule has 1 unspecified atom stereocenters. The average molecular weight is 502 g/mol. The summed E-state index contributed by atoms with van der Waals surface area (Å²) < 4.78 is 14.8. The molecule has 3 nitrogen and oxygen atoms in total. The zero-order valence-corrected chi connectivity index (χ0v) is 17.5. The molecule has 0 spiro atoms. The maximum Gasteiger partial charge on any atom is 0.191 e. The molecule has 1 heterocycles. The number of halogens is 3. The number of hydrogen-bond acceptors (Lipinski definition) is 2. The lowest BCUT2D eigenvalue weighted by Gasteiger charge is -2.24. The standard InChI is InChI=1S/C15H21BrFN3S.HI/c1-15(6-3-7-21-15)10-20-14(18-2)19-9-11-4-5-12(16)8-13(11)17;/h4-5,8H,3,6-7,9-10H2,1-2H3,(H2,18,19,20);1H. The van der Waals surface area contributed by atoms with Gasteiger partial charge >= 0.3 is 0 Å². The topological polar surface area (TPSA) is 36.4 Å². The zero-order valence-electron chi connectivity index (χ0n) is 12.8. The van der Waals surface area contributed by atoms with Gasteiger partial charge in [-0.05, 0) is 37.7 Å². The summed E-state index contributed by atoms with van der Waals surface area (Å²) in [5.41, 5.74) is 0.627. The maximum absolute atomic E-state index is 13.8. The highest BCUT2D eigenvalue weighted by molar-refractivity contribution is 14.0. The predicted octanol–water partition coefficient (Wildman–Crippen LogP) is 4.16. The van der Waals surface area contributed by atoms with Crippen LogP contribution < -0.4 is 10.6 Å². The normalized spacial score (nSPS) is 21.4. The summed E-state index contributed by atoms with van der Waals surface area (Å²) in [4.78, 5) is 4.20. The van der Waals surface area contributed by atoms with Crippen LogP contribution >= 0.6 is 51.7 Å². The van der Waals surface area contributed by atoms with Crippen LogP contribution in [0.25, 0.3) is 0 Å². The molecular weight excluding hydrogens is 480 g/mol. The van der Waals surface area contributed by atoms with Gasteiger partial charge in [0.15, 0.2) is 5.96 Å². The Labute approximate surface area is 161 Å². The number of rotatable bonds is 4. The van der Waals surface area contributed by atoms with Crippen molar-refractivity contribution in [3.63, 3.8) is 0 Å². The molecule has 22 heavy (non-hydrogen) atoms. The van der Waals surface area contributed by atoms with Crippen molar-refractivity contribution in [1.82, 2.24) is 10.6 Å². The lowest BCUT2D eigenvalue weighted by molar-refractivity contribution is 0.580. The summed E-state index contributed by atoms with van der Waals surface area (Å²) >= 11 is 5.26. The van der Waals surface area contributed by atoms with Gasteiger partial charge in [0.05, 0.1) is 0 Å². The Hall–Kier alpha value is -0.0200. The third-order valence-corrected chi connectivity index (χ3v) is 5.65. The van der Waals surface area contributed by atoms with E-state index in [-0.39, 0.29) is 34.5 Å². The molecule has 1 saturated heterocycles. The average Bonchev–Trinajstić information content (AvgIpc) is 2.88. The van der Waals surface area contributed by atoms with E-state index in [1.54, 1.807) is 13.1 Å². The van der Waals surface area contributed by atoms with Gasteiger partial charge in [-0.25, -0.2) is 4.39 Å². The molecule has 0 saturated carbocycles. The van der Waals surface area contributed by atoms with E-state index in [1.165, 1.54) is 24.7 Å². The Morgan fingerprint density at radius 3 is 2.82 bits per heavy atom. The highest BCUT2D eigenvalue weighted by Crippen LogP contribution is 2.36. The minimum absolute atomic E-state index is 0. The number of nitrogens with zero attached hydrogens (tertiary/aromatic N) is 1. The van der Waals surface area contributed by atoms with E-state index in [1.807, 2.05) is 17.8 Å². The molecular formula is C15H22BrFIN3S. The first-order valence-electron chi connectivity index (χ1n) is 7.05. The van der Waals surface area contributed by atoms with Gasteiger partial charge in [-0.1, -0.05) is 22.0 Å². The lowest BCUT2D eigenvalue weighted by Crippen LogP contribution is -2.43. The third kappa shape index (κ3) is 5.88. The maximum atomic E-state index is 13.8. The van der Waals surface area contributed by atoms with E-state index in [2.05, 4.69) is 38.5 Å². The van der Waals surface area contributed by atoms with Crippen molar-refractivity contribution in [3.8, 4) is 0 Å². The van der Waals surface area contributed by atoms with Crippen molar-refractivity contribution in [2.75, 3.05) is 19.3 Å². The lowest BCUT2D eigenvalue weighted by atomic mass is 10.1. The summed E-state index contributed by atoms with van der Waals surface area (Å²) in [6.45, 7) is 3.57. The first-order chi connectivity index (χ1) is 10.0. The van der Waals surface area contributed by atoms with E-state index >= 15 is 0 Å². The van der Waals surface area contributed by atoms with E-state index in [4.69, 9.17) is 0 Å². The Morgan fingerprint density at radius 2 is 2.23 bits per heavy atom. The molecule has 1 aromatic carbocycles. The molecule has 1 fully saturated rings. The number of guanidine groups is 1. The third-order valence-electron chi connectivity index (χ3n) is 3.62. The van der Waals surface area contributed by atoms with Gasteiger partial charge in [0.25, 0.3) is 0 Å². The minimum Gasteiger partial charge on any atom is -0.355 e. The molecule has 2 rings (SSSR count). The second-order valence-electron chi connectivity index (χ2n) is 5.42. The highest BCUT2D eigenvalue weighted by atomic mass is 127. The van der Waals surface area contributed by atoms with Crippen LogP contribution in [0.2, 0.25) is 0 Å². The molecule has 0 bridgehead atoms. The molecule has 7 heteroatoms. The second-order valence-corrected chi connectivity index (χ2v) is 8.02. The summed E-state index contributed by atoms with van der Waals surface area (Å²) in [6.07, 6.45) is 2.50. The minimum atomic E-state index is -0.217. The molecule has 0 amide bonds. The molecule has 0 aliphatic carbocycles. The van der Waals surface area contributed by atoms with Crippen molar-refractivity contribution in [2.24, 2.45) is 4.99 Å². The first kappa shape index (κ1) is 20.0. The Balaban J connectivity index is 0.00000242.